The maximum absolute atomic E-state index is 6.08. The van der Waals surface area contributed by atoms with Crippen LogP contribution in [0, 0.1) is 5.92 Å². The van der Waals surface area contributed by atoms with Gasteiger partial charge in [-0.3, -0.25) is 4.99 Å². The van der Waals surface area contributed by atoms with Crippen LogP contribution in [0.1, 0.15) is 12.8 Å². The molecule has 1 fully saturated rings. The van der Waals surface area contributed by atoms with Crippen LogP contribution in [0.3, 0.4) is 0 Å². The maximum atomic E-state index is 6.08. The Morgan fingerprint density at radius 1 is 1.48 bits per heavy atom. The molecule has 2 rings (SSSR count). The third kappa shape index (κ3) is 4.79. The summed E-state index contributed by atoms with van der Waals surface area (Å²) in [6.07, 6.45) is 2.36. The molecule has 1 heterocycles. The molecule has 1 aromatic rings. The normalized spacial score (nSPS) is 17.8. The van der Waals surface area contributed by atoms with E-state index in [1.54, 1.807) is 19.2 Å². The third-order valence-electron chi connectivity index (χ3n) is 3.78. The van der Waals surface area contributed by atoms with Gasteiger partial charge in [-0.05, 0) is 57.1 Å². The second kappa shape index (κ2) is 7.52. The van der Waals surface area contributed by atoms with Crippen molar-refractivity contribution in [3.8, 4) is 5.75 Å². The smallest absolute Gasteiger partial charge is 0.193 e. The molecule has 0 amide bonds. The minimum Gasteiger partial charge on any atom is -0.495 e. The fourth-order valence-corrected chi connectivity index (χ4v) is 2.66. The number of nitrogens with zero attached hydrogens (tertiary/aromatic N) is 2. The van der Waals surface area contributed by atoms with Gasteiger partial charge in [0.15, 0.2) is 5.96 Å². The summed E-state index contributed by atoms with van der Waals surface area (Å²) >= 11 is 6.08. The Bertz CT molecular complexity index is 498. The Hall–Kier alpha value is -1.46. The Balaban J connectivity index is 1.87. The van der Waals surface area contributed by atoms with Crippen LogP contribution >= 0.6 is 11.6 Å². The first-order chi connectivity index (χ1) is 10.1. The van der Waals surface area contributed by atoms with Gasteiger partial charge in [-0.15, -0.1) is 0 Å². The fourth-order valence-electron chi connectivity index (χ4n) is 2.40. The SMILES string of the molecule is COc1ccc(NC(N)=NCC2CCN(C)CC2)cc1Cl. The summed E-state index contributed by atoms with van der Waals surface area (Å²) in [5, 5.41) is 3.61. The molecule has 1 saturated heterocycles. The van der Waals surface area contributed by atoms with E-state index in [1.165, 1.54) is 12.8 Å². The van der Waals surface area contributed by atoms with Crippen LogP contribution in [-0.2, 0) is 0 Å². The highest BCUT2D eigenvalue weighted by molar-refractivity contribution is 6.32. The number of rotatable bonds is 4. The van der Waals surface area contributed by atoms with Crippen LogP contribution in [0.25, 0.3) is 0 Å². The van der Waals surface area contributed by atoms with Crippen molar-refractivity contribution in [2.75, 3.05) is 39.1 Å². The quantitative estimate of drug-likeness (QED) is 0.662. The van der Waals surface area contributed by atoms with E-state index >= 15 is 0 Å². The Morgan fingerprint density at radius 2 is 2.19 bits per heavy atom. The van der Waals surface area contributed by atoms with Crippen molar-refractivity contribution in [1.29, 1.82) is 0 Å². The molecule has 0 aromatic heterocycles. The molecule has 0 radical (unpaired) electrons. The summed E-state index contributed by atoms with van der Waals surface area (Å²) in [5.41, 5.74) is 6.74. The molecule has 21 heavy (non-hydrogen) atoms. The van der Waals surface area contributed by atoms with Crippen molar-refractivity contribution in [3.05, 3.63) is 23.2 Å². The highest BCUT2D eigenvalue weighted by atomic mass is 35.5. The Morgan fingerprint density at radius 3 is 2.81 bits per heavy atom. The van der Waals surface area contributed by atoms with E-state index in [0.29, 0.717) is 22.6 Å². The molecule has 1 aliphatic rings. The van der Waals surface area contributed by atoms with Gasteiger partial charge in [-0.1, -0.05) is 11.6 Å². The van der Waals surface area contributed by atoms with Crippen LogP contribution in [0.15, 0.2) is 23.2 Å². The number of nitrogens with two attached hydrogens (primary N) is 1. The number of ether oxygens (including phenoxy) is 1. The van der Waals surface area contributed by atoms with Gasteiger partial charge in [0.25, 0.3) is 0 Å². The summed E-state index contributed by atoms with van der Waals surface area (Å²) in [7, 11) is 3.74. The lowest BCUT2D eigenvalue weighted by molar-refractivity contribution is 0.224. The number of hydrogen-bond donors (Lipinski definition) is 2. The summed E-state index contributed by atoms with van der Waals surface area (Å²) < 4.78 is 5.12. The molecule has 3 N–H and O–H groups in total. The molecule has 5 nitrogen and oxygen atoms in total. The highest BCUT2D eigenvalue weighted by Crippen LogP contribution is 2.27. The molecule has 6 heteroatoms. The largest absolute Gasteiger partial charge is 0.495 e. The number of halogens is 1. The van der Waals surface area contributed by atoms with Gasteiger partial charge in [-0.2, -0.15) is 0 Å². The number of piperidine rings is 1. The summed E-state index contributed by atoms with van der Waals surface area (Å²) in [4.78, 5) is 6.78. The monoisotopic (exact) mass is 310 g/mol. The zero-order chi connectivity index (χ0) is 15.2. The second-order valence-corrected chi connectivity index (χ2v) is 5.85. The van der Waals surface area contributed by atoms with E-state index in [0.717, 1.165) is 25.3 Å². The number of guanidine groups is 1. The van der Waals surface area contributed by atoms with Crippen molar-refractivity contribution in [1.82, 2.24) is 4.90 Å². The third-order valence-corrected chi connectivity index (χ3v) is 4.08. The first-order valence-corrected chi connectivity index (χ1v) is 7.55. The maximum Gasteiger partial charge on any atom is 0.193 e. The van der Waals surface area contributed by atoms with E-state index in [1.807, 2.05) is 6.07 Å². The summed E-state index contributed by atoms with van der Waals surface area (Å²) in [6.45, 7) is 3.06. The number of aliphatic imine (C=N–C) groups is 1. The van der Waals surface area contributed by atoms with Gasteiger partial charge < -0.3 is 20.7 Å². The van der Waals surface area contributed by atoms with Crippen molar-refractivity contribution in [2.45, 2.75) is 12.8 Å². The molecule has 1 aromatic carbocycles. The van der Waals surface area contributed by atoms with Gasteiger partial charge in [0.2, 0.25) is 0 Å². The molecule has 0 aliphatic carbocycles. The van der Waals surface area contributed by atoms with E-state index in [4.69, 9.17) is 22.1 Å². The van der Waals surface area contributed by atoms with E-state index in [9.17, 15) is 0 Å². The summed E-state index contributed by atoms with van der Waals surface area (Å²) in [6, 6.07) is 5.44. The number of benzene rings is 1. The van der Waals surface area contributed by atoms with Crippen LogP contribution in [0.4, 0.5) is 5.69 Å². The molecule has 0 spiro atoms. The number of nitrogens with one attached hydrogen (secondary N) is 1. The average Bonchev–Trinajstić information content (AvgIpc) is 2.47. The Kier molecular flexibility index (Phi) is 5.70. The van der Waals surface area contributed by atoms with Crippen molar-refractivity contribution >= 4 is 23.2 Å². The topological polar surface area (TPSA) is 62.9 Å². The lowest BCUT2D eigenvalue weighted by Gasteiger charge is -2.27. The van der Waals surface area contributed by atoms with E-state index < -0.39 is 0 Å². The first-order valence-electron chi connectivity index (χ1n) is 7.17. The molecular formula is C15H23ClN4O. The second-order valence-electron chi connectivity index (χ2n) is 5.45. The molecule has 0 bridgehead atoms. The van der Waals surface area contributed by atoms with E-state index in [-0.39, 0.29) is 0 Å². The lowest BCUT2D eigenvalue weighted by atomic mass is 9.97. The molecule has 116 valence electrons. The lowest BCUT2D eigenvalue weighted by Crippen LogP contribution is -2.32. The molecular weight excluding hydrogens is 288 g/mol. The van der Waals surface area contributed by atoms with Crippen molar-refractivity contribution in [3.63, 3.8) is 0 Å². The molecule has 0 unspecified atom stereocenters. The molecule has 0 saturated carbocycles. The summed E-state index contributed by atoms with van der Waals surface area (Å²) in [5.74, 6) is 1.69. The van der Waals surface area contributed by atoms with E-state index in [2.05, 4.69) is 22.3 Å². The highest BCUT2D eigenvalue weighted by Gasteiger charge is 2.16. The zero-order valence-electron chi connectivity index (χ0n) is 12.6. The van der Waals surface area contributed by atoms with Crippen LogP contribution in [-0.4, -0.2) is 44.7 Å². The minimum absolute atomic E-state index is 0.426. The number of likely N-dealkylation sites (tertiary alicyclic amines) is 1. The van der Waals surface area contributed by atoms with Crippen LogP contribution < -0.4 is 15.8 Å². The fraction of sp³-hybridized carbons (Fsp3) is 0.533. The van der Waals surface area contributed by atoms with Crippen LogP contribution in [0.2, 0.25) is 5.02 Å². The predicted octanol–water partition coefficient (Wildman–Crippen LogP) is 2.42. The van der Waals surface area contributed by atoms with Gasteiger partial charge in [-0.25, -0.2) is 0 Å². The molecule has 0 atom stereocenters. The minimum atomic E-state index is 0.426. The van der Waals surface area contributed by atoms with Gasteiger partial charge in [0.05, 0.1) is 12.1 Å². The van der Waals surface area contributed by atoms with Crippen molar-refractivity contribution in [2.24, 2.45) is 16.6 Å². The number of hydrogen-bond acceptors (Lipinski definition) is 3. The van der Waals surface area contributed by atoms with Gasteiger partial charge >= 0.3 is 0 Å². The van der Waals surface area contributed by atoms with Gasteiger partial charge in [0.1, 0.15) is 5.75 Å². The number of methoxy groups -OCH3 is 1. The zero-order valence-corrected chi connectivity index (χ0v) is 13.4. The predicted molar refractivity (Wildman–Crippen MR) is 88.3 cm³/mol. The first kappa shape index (κ1) is 15.9. The van der Waals surface area contributed by atoms with Crippen molar-refractivity contribution < 1.29 is 4.74 Å². The van der Waals surface area contributed by atoms with Gasteiger partial charge in [0, 0.05) is 12.2 Å². The average molecular weight is 311 g/mol. The Labute approximate surface area is 131 Å². The van der Waals surface area contributed by atoms with Crippen LogP contribution in [0.5, 0.6) is 5.75 Å². The molecule has 1 aliphatic heterocycles. The standard InChI is InChI=1S/C15H23ClN4O/c1-20-7-5-11(6-8-20)10-18-15(17)19-12-3-4-14(21-2)13(16)9-12/h3-4,9,11H,5-8,10H2,1-2H3,(H3,17,18,19). The number of anilines is 1.